The van der Waals surface area contributed by atoms with E-state index in [1.54, 1.807) is 0 Å². The van der Waals surface area contributed by atoms with Gasteiger partial charge in [0.05, 0.1) is 11.0 Å². The van der Waals surface area contributed by atoms with Crippen molar-refractivity contribution in [1.82, 2.24) is 4.57 Å². The Morgan fingerprint density at radius 3 is 1.88 bits per heavy atom. The molecule has 0 unspecified atom stereocenters. The van der Waals surface area contributed by atoms with Crippen LogP contribution >= 0.6 is 0 Å². The molecule has 0 atom stereocenters. The fourth-order valence-electron chi connectivity index (χ4n) is 12.7. The fraction of sp³-hybridized carbons (Fsp3) is 0.213. The number of nitrogens with zero attached hydrogens (tertiary/aromatic N) is 2. The molecule has 0 N–H and O–H groups in total. The topological polar surface area (TPSA) is 8.17 Å². The second kappa shape index (κ2) is 12.8. The number of anilines is 2. The van der Waals surface area contributed by atoms with Gasteiger partial charge < -0.3 is 9.38 Å². The molecule has 2 aliphatic heterocycles. The van der Waals surface area contributed by atoms with Crippen LogP contribution < -0.4 is 15.7 Å². The summed E-state index contributed by atoms with van der Waals surface area (Å²) in [4.78, 5) is 2.71. The van der Waals surface area contributed by atoms with Gasteiger partial charge in [-0.15, -0.1) is 0 Å². The first-order chi connectivity index (χ1) is 30.8. The molecular weight excluding hydrogens is 771 g/mol. The molecule has 4 aliphatic rings. The maximum absolute atomic E-state index is 2.71. The van der Waals surface area contributed by atoms with Crippen LogP contribution in [-0.2, 0) is 16.2 Å². The fourth-order valence-corrected chi connectivity index (χ4v) is 12.7. The standard InChI is InChI=1S/C61H53BN2/c1-36-22-25-39(26-23-36)64-55-34-43-42-20-14-15-21-48(42)61(7,8)49(43)32-44(55)46-31-45(41-19-13-12-18-40(41)38-16-10-9-11-17-38)56-47-33-50-51(60(5,6)29-28-59(50,3)4)35-54(47)63-53-27-24-37(2)30-52(53)62(64)57(46)58(56)63/h9-27,30-35H,28-29H2,1-8H3. The van der Waals surface area contributed by atoms with E-state index in [0.29, 0.717) is 0 Å². The molecule has 2 aliphatic carbocycles. The Labute approximate surface area is 378 Å². The highest BCUT2D eigenvalue weighted by atomic mass is 15.1. The molecule has 8 aromatic carbocycles. The summed E-state index contributed by atoms with van der Waals surface area (Å²) in [7, 11) is 0. The number of aryl methyl sites for hydroxylation is 2. The predicted octanol–water partition coefficient (Wildman–Crippen LogP) is 14.6. The zero-order valence-electron chi connectivity index (χ0n) is 38.3. The van der Waals surface area contributed by atoms with Crippen LogP contribution in [0.3, 0.4) is 0 Å². The summed E-state index contributed by atoms with van der Waals surface area (Å²) in [6.45, 7) is 19.1. The number of fused-ring (bicyclic) bond motifs is 12. The molecule has 0 radical (unpaired) electrons. The van der Waals surface area contributed by atoms with Gasteiger partial charge in [-0.1, -0.05) is 156 Å². The van der Waals surface area contributed by atoms with E-state index in [2.05, 4.69) is 216 Å². The van der Waals surface area contributed by atoms with E-state index < -0.39 is 0 Å². The minimum absolute atomic E-state index is 0.0527. The Morgan fingerprint density at radius 1 is 0.469 bits per heavy atom. The first kappa shape index (κ1) is 37.9. The monoisotopic (exact) mass is 824 g/mol. The Balaban J connectivity index is 1.26. The van der Waals surface area contributed by atoms with Gasteiger partial charge in [0.2, 0.25) is 0 Å². The lowest BCUT2D eigenvalue weighted by Crippen LogP contribution is -2.60. The molecule has 2 nitrogen and oxygen atoms in total. The van der Waals surface area contributed by atoms with E-state index in [9.17, 15) is 0 Å². The van der Waals surface area contributed by atoms with Gasteiger partial charge >= 0.3 is 6.85 Å². The number of benzene rings is 8. The van der Waals surface area contributed by atoms with Gasteiger partial charge in [-0.3, -0.25) is 0 Å². The third-order valence-electron chi connectivity index (χ3n) is 16.2. The molecule has 0 spiro atoms. The van der Waals surface area contributed by atoms with Crippen LogP contribution in [0.2, 0.25) is 0 Å². The number of hydrogen-bond acceptors (Lipinski definition) is 1. The molecule has 310 valence electrons. The maximum Gasteiger partial charge on any atom is 0.333 e. The Hall–Kier alpha value is -6.58. The second-order valence-electron chi connectivity index (χ2n) is 21.3. The van der Waals surface area contributed by atoms with Crippen molar-refractivity contribution in [2.24, 2.45) is 0 Å². The summed E-state index contributed by atoms with van der Waals surface area (Å²) >= 11 is 0. The Kier molecular flexibility index (Phi) is 7.58. The Bertz CT molecular complexity index is 3490. The lowest BCUT2D eigenvalue weighted by molar-refractivity contribution is 0.332. The van der Waals surface area contributed by atoms with E-state index in [0.717, 1.165) is 0 Å². The van der Waals surface area contributed by atoms with Crippen LogP contribution in [-0.4, -0.2) is 11.4 Å². The van der Waals surface area contributed by atoms with Crippen molar-refractivity contribution >= 4 is 51.0 Å². The van der Waals surface area contributed by atoms with E-state index in [-0.39, 0.29) is 23.1 Å². The third-order valence-corrected chi connectivity index (χ3v) is 16.2. The van der Waals surface area contributed by atoms with Crippen molar-refractivity contribution < 1.29 is 0 Å². The molecule has 0 bridgehead atoms. The largest absolute Gasteiger partial charge is 0.376 e. The molecule has 13 rings (SSSR count). The van der Waals surface area contributed by atoms with Crippen LogP contribution in [0.4, 0.5) is 11.4 Å². The minimum atomic E-state index is -0.145. The van der Waals surface area contributed by atoms with Gasteiger partial charge in [-0.2, -0.15) is 0 Å². The number of aromatic nitrogens is 1. The molecule has 0 saturated heterocycles. The summed E-state index contributed by atoms with van der Waals surface area (Å²) in [6.07, 6.45) is 2.35. The first-order valence-corrected chi connectivity index (χ1v) is 23.4. The van der Waals surface area contributed by atoms with Crippen LogP contribution in [0.25, 0.3) is 72.0 Å². The molecular formula is C61H53BN2. The molecule has 64 heavy (non-hydrogen) atoms. The van der Waals surface area contributed by atoms with E-state index in [1.807, 2.05) is 0 Å². The zero-order valence-corrected chi connectivity index (χ0v) is 38.3. The number of rotatable bonds is 3. The van der Waals surface area contributed by atoms with Gasteiger partial charge in [0.1, 0.15) is 0 Å². The van der Waals surface area contributed by atoms with Crippen molar-refractivity contribution in [2.75, 3.05) is 4.81 Å². The normalized spacial score (nSPS) is 16.6. The van der Waals surface area contributed by atoms with Crippen molar-refractivity contribution in [3.63, 3.8) is 0 Å². The highest BCUT2D eigenvalue weighted by Crippen LogP contribution is 2.56. The Morgan fingerprint density at radius 2 is 1.12 bits per heavy atom. The van der Waals surface area contributed by atoms with Crippen LogP contribution in [0, 0.1) is 13.8 Å². The average Bonchev–Trinajstić information content (AvgIpc) is 3.75. The first-order valence-electron chi connectivity index (χ1n) is 23.4. The molecule has 3 heterocycles. The van der Waals surface area contributed by atoms with E-state index in [1.165, 1.54) is 141 Å². The lowest BCUT2D eigenvalue weighted by Gasteiger charge is -2.43. The van der Waals surface area contributed by atoms with Crippen LogP contribution in [0.15, 0.2) is 152 Å². The summed E-state index contributed by atoms with van der Waals surface area (Å²) < 4.78 is 2.70. The smallest absolute Gasteiger partial charge is 0.333 e. The zero-order chi connectivity index (χ0) is 43.6. The highest BCUT2D eigenvalue weighted by Gasteiger charge is 2.47. The summed E-state index contributed by atoms with van der Waals surface area (Å²) in [5.74, 6) is 0. The van der Waals surface area contributed by atoms with Crippen LogP contribution in [0.5, 0.6) is 0 Å². The van der Waals surface area contributed by atoms with Gasteiger partial charge in [-0.05, 0) is 158 Å². The average molecular weight is 825 g/mol. The lowest BCUT2D eigenvalue weighted by atomic mass is 9.43. The molecule has 9 aromatic rings. The summed E-state index contributed by atoms with van der Waals surface area (Å²) in [5, 5.41) is 2.71. The van der Waals surface area contributed by atoms with Gasteiger partial charge in [0, 0.05) is 38.8 Å². The molecule has 0 amide bonds. The summed E-state index contributed by atoms with van der Waals surface area (Å²) in [6, 6.07) is 58.9. The minimum Gasteiger partial charge on any atom is -0.376 e. The third kappa shape index (κ3) is 4.99. The van der Waals surface area contributed by atoms with Crippen molar-refractivity contribution in [3.05, 3.63) is 185 Å². The number of hydrogen-bond donors (Lipinski definition) is 0. The second-order valence-corrected chi connectivity index (χ2v) is 21.3. The van der Waals surface area contributed by atoms with E-state index >= 15 is 0 Å². The van der Waals surface area contributed by atoms with Crippen molar-refractivity contribution in [1.29, 1.82) is 0 Å². The molecule has 3 heteroatoms. The van der Waals surface area contributed by atoms with Crippen molar-refractivity contribution in [3.8, 4) is 50.2 Å². The predicted molar refractivity (Wildman–Crippen MR) is 273 cm³/mol. The summed E-state index contributed by atoms with van der Waals surface area (Å²) in [5.41, 5.74) is 27.9. The molecule has 1 aromatic heterocycles. The van der Waals surface area contributed by atoms with Gasteiger partial charge in [-0.25, -0.2) is 0 Å². The maximum atomic E-state index is 2.71. The van der Waals surface area contributed by atoms with Gasteiger partial charge in [0.25, 0.3) is 0 Å². The van der Waals surface area contributed by atoms with Crippen LogP contribution in [0.1, 0.15) is 87.8 Å². The quantitative estimate of drug-likeness (QED) is 0.161. The van der Waals surface area contributed by atoms with Crippen molar-refractivity contribution in [2.45, 2.75) is 84.5 Å². The molecule has 0 fully saturated rings. The highest BCUT2D eigenvalue weighted by molar-refractivity contribution is 6.93. The van der Waals surface area contributed by atoms with Gasteiger partial charge in [0.15, 0.2) is 0 Å². The van der Waals surface area contributed by atoms with E-state index in [4.69, 9.17) is 0 Å². The molecule has 0 saturated carbocycles. The SMILES string of the molecule is Cc1ccc(N2B3c4cc(C)ccc4-n4c5cc6c(cc5c5c(-c7ccccc7-c7ccccc7)cc(c3c54)-c3cc4c(cc32)-c2ccccc2C4(C)C)C(C)(C)CCC6(C)C)cc1.